The van der Waals surface area contributed by atoms with Gasteiger partial charge in [0.1, 0.15) is 22.2 Å². The minimum absolute atomic E-state index is 0.307. The van der Waals surface area contributed by atoms with Gasteiger partial charge < -0.3 is 9.47 Å². The zero-order valence-electron chi connectivity index (χ0n) is 16.4. The van der Waals surface area contributed by atoms with Gasteiger partial charge in [-0.3, -0.25) is 0 Å². The highest BCUT2D eigenvalue weighted by Gasteiger charge is 2.33. The lowest BCUT2D eigenvalue weighted by atomic mass is 10.1. The summed E-state index contributed by atoms with van der Waals surface area (Å²) in [5.41, 5.74) is -2.07. The normalized spacial score (nSPS) is 13.1. The lowest BCUT2D eigenvalue weighted by Gasteiger charge is -2.16. The Kier molecular flexibility index (Phi) is 7.97. The van der Waals surface area contributed by atoms with Gasteiger partial charge in [-0.1, -0.05) is 0 Å². The van der Waals surface area contributed by atoms with Crippen LogP contribution in [0.1, 0.15) is 11.1 Å². The van der Waals surface area contributed by atoms with E-state index in [1.807, 2.05) is 0 Å². The van der Waals surface area contributed by atoms with Crippen molar-refractivity contribution < 1.29 is 61.8 Å². The van der Waals surface area contributed by atoms with Crippen LogP contribution in [0, 0.1) is 5.82 Å². The number of nitrogens with one attached hydrogen (secondary N) is 1. The van der Waals surface area contributed by atoms with Gasteiger partial charge in [-0.25, -0.2) is 17.5 Å². The molecule has 0 atom stereocenters. The molecule has 0 bridgehead atoms. The number of halogens is 10. The first-order valence-electron chi connectivity index (χ1n) is 8.76. The molecule has 0 saturated carbocycles. The Bertz CT molecular complexity index is 1110. The standard InChI is InChI=1S/C18H13F10NO4S/c19-13-3-1-11(18(26,27)28)5-10(13)7-29-34(30,31)15-6-12(32-8-16(20,21)22)2-4-14(15)33-9-17(23,24)25/h1-6,29H,7-9H2. The summed E-state index contributed by atoms with van der Waals surface area (Å²) in [6.07, 6.45) is -14.6. The molecule has 0 heterocycles. The Balaban J connectivity index is 2.37. The zero-order chi connectivity index (χ0) is 25.9. The molecule has 0 fully saturated rings. The first kappa shape index (κ1) is 27.5. The summed E-state index contributed by atoms with van der Waals surface area (Å²) in [4.78, 5) is -1.12. The minimum atomic E-state index is -4.95. The first-order valence-corrected chi connectivity index (χ1v) is 10.2. The van der Waals surface area contributed by atoms with E-state index in [1.165, 1.54) is 0 Å². The van der Waals surface area contributed by atoms with Crippen molar-refractivity contribution in [3.63, 3.8) is 0 Å². The van der Waals surface area contributed by atoms with E-state index in [-0.39, 0.29) is 0 Å². The van der Waals surface area contributed by atoms with E-state index in [0.717, 1.165) is 0 Å². The highest BCUT2D eigenvalue weighted by atomic mass is 32.2. The monoisotopic (exact) mass is 529 g/mol. The topological polar surface area (TPSA) is 64.6 Å². The third kappa shape index (κ3) is 8.23. The third-order valence-electron chi connectivity index (χ3n) is 3.82. The van der Waals surface area contributed by atoms with Gasteiger partial charge in [0, 0.05) is 18.2 Å². The maximum atomic E-state index is 13.9. The van der Waals surface area contributed by atoms with Gasteiger partial charge in [-0.2, -0.15) is 39.5 Å². The maximum absolute atomic E-state index is 13.9. The van der Waals surface area contributed by atoms with Crippen LogP contribution in [0.15, 0.2) is 41.3 Å². The second kappa shape index (κ2) is 9.85. The van der Waals surface area contributed by atoms with Crippen LogP contribution in [0.2, 0.25) is 0 Å². The van der Waals surface area contributed by atoms with Crippen molar-refractivity contribution in [1.82, 2.24) is 4.72 Å². The lowest BCUT2D eigenvalue weighted by molar-refractivity contribution is -0.154. The second-order valence-corrected chi connectivity index (χ2v) is 8.28. The fraction of sp³-hybridized carbons (Fsp3) is 0.333. The molecule has 34 heavy (non-hydrogen) atoms. The fourth-order valence-electron chi connectivity index (χ4n) is 2.37. The first-order chi connectivity index (χ1) is 15.4. The van der Waals surface area contributed by atoms with E-state index < -0.39 is 81.6 Å². The largest absolute Gasteiger partial charge is 0.484 e. The van der Waals surface area contributed by atoms with Crippen molar-refractivity contribution in [2.45, 2.75) is 30.0 Å². The average molecular weight is 529 g/mol. The van der Waals surface area contributed by atoms with Crippen molar-refractivity contribution >= 4 is 10.0 Å². The molecule has 0 spiro atoms. The summed E-state index contributed by atoms with van der Waals surface area (Å²) in [5.74, 6) is -2.90. The fourth-order valence-corrected chi connectivity index (χ4v) is 3.53. The van der Waals surface area contributed by atoms with Crippen LogP contribution in [0.25, 0.3) is 0 Å². The van der Waals surface area contributed by atoms with E-state index in [0.29, 0.717) is 36.4 Å². The van der Waals surface area contributed by atoms with Crippen molar-refractivity contribution in [2.24, 2.45) is 0 Å². The second-order valence-electron chi connectivity index (χ2n) is 6.54. The van der Waals surface area contributed by atoms with Crippen LogP contribution in [0.5, 0.6) is 11.5 Å². The van der Waals surface area contributed by atoms with Crippen LogP contribution in [0.3, 0.4) is 0 Å². The van der Waals surface area contributed by atoms with Crippen molar-refractivity contribution in [2.75, 3.05) is 13.2 Å². The average Bonchev–Trinajstić information content (AvgIpc) is 2.68. The molecule has 0 aromatic heterocycles. The molecule has 0 aliphatic heterocycles. The Morgan fingerprint density at radius 2 is 1.38 bits per heavy atom. The van der Waals surface area contributed by atoms with Crippen LogP contribution in [0.4, 0.5) is 43.9 Å². The highest BCUT2D eigenvalue weighted by molar-refractivity contribution is 7.89. The molecule has 2 aromatic rings. The third-order valence-corrected chi connectivity index (χ3v) is 5.25. The van der Waals surface area contributed by atoms with Gasteiger partial charge >= 0.3 is 18.5 Å². The predicted molar refractivity (Wildman–Crippen MR) is 95.0 cm³/mol. The van der Waals surface area contributed by atoms with E-state index in [2.05, 4.69) is 9.47 Å². The molecule has 1 N–H and O–H groups in total. The van der Waals surface area contributed by atoms with E-state index in [9.17, 15) is 52.3 Å². The molecule has 0 aliphatic rings. The van der Waals surface area contributed by atoms with E-state index in [1.54, 1.807) is 4.72 Å². The molecular formula is C18H13F10NO4S. The Morgan fingerprint density at radius 1 is 0.794 bits per heavy atom. The Hall–Kier alpha value is -2.75. The van der Waals surface area contributed by atoms with Crippen LogP contribution in [-0.2, 0) is 22.7 Å². The van der Waals surface area contributed by atoms with Crippen LogP contribution >= 0.6 is 0 Å². The summed E-state index contributed by atoms with van der Waals surface area (Å²) < 4.78 is 162. The van der Waals surface area contributed by atoms with E-state index >= 15 is 0 Å². The summed E-state index contributed by atoms with van der Waals surface area (Å²) in [6, 6.07) is 2.86. The van der Waals surface area contributed by atoms with Crippen LogP contribution < -0.4 is 14.2 Å². The SMILES string of the molecule is O=S(=O)(NCc1cc(C(F)(F)F)ccc1F)c1cc(OCC(F)(F)F)ccc1OCC(F)(F)F. The molecule has 0 radical (unpaired) electrons. The quantitative estimate of drug-likeness (QED) is 0.478. The Labute approximate surface area is 185 Å². The molecule has 5 nitrogen and oxygen atoms in total. The number of hydrogen-bond donors (Lipinski definition) is 1. The van der Waals surface area contributed by atoms with Gasteiger partial charge in [-0.15, -0.1) is 0 Å². The molecule has 0 amide bonds. The Morgan fingerprint density at radius 3 is 1.94 bits per heavy atom. The summed E-state index contributed by atoms with van der Waals surface area (Å²) in [6.45, 7) is -4.91. The van der Waals surface area contributed by atoms with Crippen LogP contribution in [-0.4, -0.2) is 34.0 Å². The maximum Gasteiger partial charge on any atom is 0.422 e. The van der Waals surface area contributed by atoms with Gasteiger partial charge in [0.05, 0.1) is 5.56 Å². The number of sulfonamides is 1. The highest BCUT2D eigenvalue weighted by Crippen LogP contribution is 2.32. The lowest BCUT2D eigenvalue weighted by Crippen LogP contribution is -2.26. The summed E-state index contributed by atoms with van der Waals surface area (Å²) in [7, 11) is -4.95. The molecule has 0 aliphatic carbocycles. The molecule has 2 aromatic carbocycles. The molecular weight excluding hydrogens is 516 g/mol. The summed E-state index contributed by atoms with van der Waals surface area (Å²) >= 11 is 0. The summed E-state index contributed by atoms with van der Waals surface area (Å²) in [5, 5.41) is 0. The number of alkyl halides is 9. The van der Waals surface area contributed by atoms with Crippen molar-refractivity contribution in [1.29, 1.82) is 0 Å². The molecule has 2 rings (SSSR count). The zero-order valence-corrected chi connectivity index (χ0v) is 17.2. The molecule has 0 saturated heterocycles. The number of rotatable bonds is 8. The number of ether oxygens (including phenoxy) is 2. The van der Waals surface area contributed by atoms with Gasteiger partial charge in [0.2, 0.25) is 10.0 Å². The molecule has 16 heteroatoms. The van der Waals surface area contributed by atoms with Gasteiger partial charge in [-0.05, 0) is 30.3 Å². The van der Waals surface area contributed by atoms with Crippen molar-refractivity contribution in [3.05, 3.63) is 53.3 Å². The molecule has 190 valence electrons. The smallest absolute Gasteiger partial charge is 0.422 e. The van der Waals surface area contributed by atoms with E-state index in [4.69, 9.17) is 0 Å². The van der Waals surface area contributed by atoms with Gasteiger partial charge in [0.25, 0.3) is 0 Å². The van der Waals surface area contributed by atoms with Gasteiger partial charge in [0.15, 0.2) is 13.2 Å². The molecule has 0 unspecified atom stereocenters. The number of hydrogen-bond acceptors (Lipinski definition) is 4. The van der Waals surface area contributed by atoms with Crippen molar-refractivity contribution in [3.8, 4) is 11.5 Å². The predicted octanol–water partition coefficient (Wildman–Crippen LogP) is 5.21. The minimum Gasteiger partial charge on any atom is -0.484 e. The number of benzene rings is 2.